The van der Waals surface area contributed by atoms with Crippen molar-refractivity contribution < 1.29 is 4.79 Å². The number of carbonyl (C=O) groups excluding carboxylic acids is 1. The second kappa shape index (κ2) is 8.97. The van der Waals surface area contributed by atoms with Crippen LogP contribution in [-0.4, -0.2) is 39.3 Å². The van der Waals surface area contributed by atoms with Gasteiger partial charge in [0.1, 0.15) is 0 Å². The van der Waals surface area contributed by atoms with Crippen LogP contribution >= 0.6 is 23.1 Å². The fourth-order valence-corrected chi connectivity index (χ4v) is 5.10. The highest BCUT2D eigenvalue weighted by Gasteiger charge is 2.16. The first-order chi connectivity index (χ1) is 12.5. The minimum absolute atomic E-state index is 0.139. The lowest BCUT2D eigenvalue weighted by Gasteiger charge is -2.30. The fraction of sp³-hybridized carbons (Fsp3) is 0.526. The highest BCUT2D eigenvalue weighted by Crippen LogP contribution is 2.28. The van der Waals surface area contributed by atoms with E-state index in [2.05, 4.69) is 41.2 Å². The lowest BCUT2D eigenvalue weighted by Crippen LogP contribution is -2.33. The number of thioether (sulfide) groups is 1. The molecule has 26 heavy (non-hydrogen) atoms. The van der Waals surface area contributed by atoms with Gasteiger partial charge in [0.05, 0.1) is 0 Å². The zero-order valence-electron chi connectivity index (χ0n) is 15.6. The van der Waals surface area contributed by atoms with Crippen molar-refractivity contribution in [2.24, 2.45) is 5.92 Å². The van der Waals surface area contributed by atoms with Gasteiger partial charge in [-0.25, -0.2) is 0 Å². The van der Waals surface area contributed by atoms with Crippen molar-refractivity contribution in [3.63, 3.8) is 0 Å². The molecule has 3 rings (SSSR count). The van der Waals surface area contributed by atoms with E-state index in [0.717, 1.165) is 23.3 Å². The van der Waals surface area contributed by atoms with E-state index in [1.165, 1.54) is 36.3 Å². The first-order valence-corrected chi connectivity index (χ1v) is 10.8. The van der Waals surface area contributed by atoms with E-state index in [1.807, 2.05) is 24.3 Å². The summed E-state index contributed by atoms with van der Waals surface area (Å²) in [7, 11) is 0. The average molecular weight is 391 g/mol. The number of aromatic nitrogens is 2. The minimum Gasteiger partial charge on any atom is -0.299 e. The topological polar surface area (TPSA) is 58.1 Å². The molecule has 0 bridgehead atoms. The van der Waals surface area contributed by atoms with Crippen molar-refractivity contribution in [2.75, 3.05) is 18.4 Å². The average Bonchev–Trinajstić information content (AvgIpc) is 3.01. The third-order valence-corrected chi connectivity index (χ3v) is 6.25. The van der Waals surface area contributed by atoms with Gasteiger partial charge in [0, 0.05) is 23.9 Å². The molecule has 5 nitrogen and oxygen atoms in total. The normalized spacial score (nSPS) is 18.2. The summed E-state index contributed by atoms with van der Waals surface area (Å²) >= 11 is 3.06. The smallest absolute Gasteiger partial charge is 0.257 e. The Bertz CT molecular complexity index is 729. The summed E-state index contributed by atoms with van der Waals surface area (Å²) < 4.78 is 0.876. The second-order valence-electron chi connectivity index (χ2n) is 7.17. The maximum atomic E-state index is 12.4. The summed E-state index contributed by atoms with van der Waals surface area (Å²) in [6.45, 7) is 9.82. The maximum absolute atomic E-state index is 12.4. The predicted octanol–water partition coefficient (Wildman–Crippen LogP) is 4.52. The number of rotatable bonds is 6. The standard InChI is InChI=1S/C19H26N4OS2/c1-13(2)25-19-22-21-18(26-19)20-17(24)16-8-6-15(7-9-16)12-23-10-4-5-14(3)11-23/h6-9,13-14H,4-5,10-12H2,1-3H3,(H,20,21,24)/t14-/m0/s1. The van der Waals surface area contributed by atoms with Crippen molar-refractivity contribution >= 4 is 34.1 Å². The summed E-state index contributed by atoms with van der Waals surface area (Å²) in [6.07, 6.45) is 2.61. The maximum Gasteiger partial charge on any atom is 0.257 e. The van der Waals surface area contributed by atoms with E-state index in [0.29, 0.717) is 15.9 Å². The molecule has 1 amide bonds. The van der Waals surface area contributed by atoms with Crippen LogP contribution in [0.25, 0.3) is 0 Å². The molecule has 1 aromatic carbocycles. The molecule has 2 aromatic rings. The molecule has 0 radical (unpaired) electrons. The van der Waals surface area contributed by atoms with Gasteiger partial charge in [0.2, 0.25) is 5.13 Å². The Morgan fingerprint density at radius 3 is 2.81 bits per heavy atom. The van der Waals surface area contributed by atoms with Crippen LogP contribution in [0, 0.1) is 5.92 Å². The molecule has 2 heterocycles. The van der Waals surface area contributed by atoms with Crippen molar-refractivity contribution in [3.05, 3.63) is 35.4 Å². The SMILES string of the molecule is CC(C)Sc1nnc(NC(=O)c2ccc(CN3CCC[C@H](C)C3)cc2)s1. The summed E-state index contributed by atoms with van der Waals surface area (Å²) in [5.41, 5.74) is 1.90. The van der Waals surface area contributed by atoms with Crippen LogP contribution in [0.15, 0.2) is 28.6 Å². The van der Waals surface area contributed by atoms with Gasteiger partial charge in [-0.3, -0.25) is 15.0 Å². The van der Waals surface area contributed by atoms with Crippen LogP contribution in [0.4, 0.5) is 5.13 Å². The molecule has 0 saturated carbocycles. The van der Waals surface area contributed by atoms with Gasteiger partial charge >= 0.3 is 0 Å². The van der Waals surface area contributed by atoms with Crippen LogP contribution in [0.1, 0.15) is 49.5 Å². The number of piperidine rings is 1. The lowest BCUT2D eigenvalue weighted by atomic mass is 9.99. The summed E-state index contributed by atoms with van der Waals surface area (Å²) in [5, 5.41) is 12.0. The lowest BCUT2D eigenvalue weighted by molar-refractivity contribution is 0.102. The molecule has 0 aliphatic carbocycles. The van der Waals surface area contributed by atoms with E-state index in [4.69, 9.17) is 0 Å². The van der Waals surface area contributed by atoms with Crippen molar-refractivity contribution in [1.29, 1.82) is 0 Å². The van der Waals surface area contributed by atoms with Crippen molar-refractivity contribution in [1.82, 2.24) is 15.1 Å². The number of hydrogen-bond donors (Lipinski definition) is 1. The molecular formula is C19H26N4OS2. The van der Waals surface area contributed by atoms with Crippen LogP contribution in [0.3, 0.4) is 0 Å². The van der Waals surface area contributed by atoms with Gasteiger partial charge in [-0.1, -0.05) is 56.0 Å². The van der Waals surface area contributed by atoms with Crippen LogP contribution in [0.5, 0.6) is 0 Å². The van der Waals surface area contributed by atoms with E-state index in [9.17, 15) is 4.79 Å². The third kappa shape index (κ3) is 5.53. The summed E-state index contributed by atoms with van der Waals surface area (Å²) in [5.74, 6) is 0.639. The molecule has 1 N–H and O–H groups in total. The highest BCUT2D eigenvalue weighted by molar-refractivity contribution is 8.01. The molecule has 1 fully saturated rings. The van der Waals surface area contributed by atoms with Gasteiger partial charge in [0.25, 0.3) is 5.91 Å². The van der Waals surface area contributed by atoms with Crippen LogP contribution in [-0.2, 0) is 6.54 Å². The molecule has 140 valence electrons. The molecule has 0 spiro atoms. The fourth-order valence-electron chi connectivity index (χ4n) is 3.13. The van der Waals surface area contributed by atoms with E-state index in [1.54, 1.807) is 11.8 Å². The number of nitrogens with one attached hydrogen (secondary N) is 1. The molecule has 1 saturated heterocycles. The highest BCUT2D eigenvalue weighted by atomic mass is 32.2. The van der Waals surface area contributed by atoms with Crippen LogP contribution < -0.4 is 5.32 Å². The Balaban J connectivity index is 1.55. The van der Waals surface area contributed by atoms with Crippen LogP contribution in [0.2, 0.25) is 0 Å². The Morgan fingerprint density at radius 1 is 1.35 bits per heavy atom. The molecule has 1 atom stereocenters. The molecular weight excluding hydrogens is 364 g/mol. The van der Waals surface area contributed by atoms with Crippen molar-refractivity contribution in [2.45, 2.75) is 49.7 Å². The second-order valence-corrected chi connectivity index (χ2v) is 9.97. The molecule has 1 aromatic heterocycles. The van der Waals surface area contributed by atoms with E-state index < -0.39 is 0 Å². The third-order valence-electron chi connectivity index (χ3n) is 4.33. The number of hydrogen-bond acceptors (Lipinski definition) is 6. The number of likely N-dealkylation sites (tertiary alicyclic amines) is 1. The quantitative estimate of drug-likeness (QED) is 0.580. The molecule has 0 unspecified atom stereocenters. The first kappa shape index (κ1) is 19.3. The first-order valence-electron chi connectivity index (χ1n) is 9.12. The largest absolute Gasteiger partial charge is 0.299 e. The molecule has 7 heteroatoms. The van der Waals surface area contributed by atoms with E-state index in [-0.39, 0.29) is 5.91 Å². The number of carbonyl (C=O) groups is 1. The Morgan fingerprint density at radius 2 is 2.12 bits per heavy atom. The molecule has 1 aliphatic rings. The summed E-state index contributed by atoms with van der Waals surface area (Å²) in [6, 6.07) is 7.88. The van der Waals surface area contributed by atoms with Gasteiger partial charge < -0.3 is 0 Å². The van der Waals surface area contributed by atoms with Crippen molar-refractivity contribution in [3.8, 4) is 0 Å². The number of benzene rings is 1. The zero-order valence-corrected chi connectivity index (χ0v) is 17.2. The van der Waals surface area contributed by atoms with Gasteiger partial charge in [-0.15, -0.1) is 10.2 Å². The Labute approximate surface area is 163 Å². The molecule has 1 aliphatic heterocycles. The van der Waals surface area contributed by atoms with Gasteiger partial charge in [-0.05, 0) is 43.0 Å². The predicted molar refractivity (Wildman–Crippen MR) is 109 cm³/mol. The summed E-state index contributed by atoms with van der Waals surface area (Å²) in [4.78, 5) is 14.9. The van der Waals surface area contributed by atoms with E-state index >= 15 is 0 Å². The number of anilines is 1. The minimum atomic E-state index is -0.139. The zero-order chi connectivity index (χ0) is 18.5. The van der Waals surface area contributed by atoms with Gasteiger partial charge in [-0.2, -0.15) is 0 Å². The van der Waals surface area contributed by atoms with Gasteiger partial charge in [0.15, 0.2) is 4.34 Å². The number of amides is 1. The Kier molecular flexibility index (Phi) is 6.67. The number of nitrogens with zero attached hydrogens (tertiary/aromatic N) is 3. The Hall–Kier alpha value is -1.44. The monoisotopic (exact) mass is 390 g/mol.